The number of halogens is 1. The van der Waals surface area contributed by atoms with Gasteiger partial charge < -0.3 is 10.1 Å². The van der Waals surface area contributed by atoms with E-state index < -0.39 is 24.7 Å². The van der Waals surface area contributed by atoms with E-state index in [0.29, 0.717) is 0 Å². The summed E-state index contributed by atoms with van der Waals surface area (Å²) in [5.74, 6) is -0.644. The molecule has 0 aliphatic heterocycles. The minimum absolute atomic E-state index is 0.596. The lowest BCUT2D eigenvalue weighted by molar-refractivity contribution is -0.395. The number of nitrogens with zero attached hydrogens (tertiary/aromatic N) is 3. The number of rotatable bonds is 2. The smallest absolute Gasteiger partial charge is 0.358 e. The van der Waals surface area contributed by atoms with Crippen LogP contribution in [0.15, 0.2) is 11.1 Å². The Morgan fingerprint density at radius 1 is 1.69 bits per heavy atom. The monoisotopic (exact) mass is 225 g/mol. The van der Waals surface area contributed by atoms with Crippen molar-refractivity contribution in [3.8, 4) is 0 Å². The van der Waals surface area contributed by atoms with Gasteiger partial charge in [-0.25, -0.2) is 8.42 Å². The lowest BCUT2D eigenvalue weighted by Gasteiger charge is -1.94. The largest absolute Gasteiger partial charge is 0.364 e. The second-order valence-electron chi connectivity index (χ2n) is 2.15. The molecule has 0 saturated heterocycles. The topological polar surface area (TPSA) is 95.1 Å². The van der Waals surface area contributed by atoms with Crippen LogP contribution < -0.4 is 0 Å². The summed E-state index contributed by atoms with van der Waals surface area (Å²) in [6.07, 6.45) is 0.834. The van der Waals surface area contributed by atoms with Crippen molar-refractivity contribution in [2.75, 3.05) is 0 Å². The second kappa shape index (κ2) is 2.96. The molecule has 0 radical (unpaired) electrons. The van der Waals surface area contributed by atoms with Crippen LogP contribution in [0.3, 0.4) is 0 Å². The average Bonchev–Trinajstić information content (AvgIpc) is 2.28. The molecule has 0 amide bonds. The number of aromatic nitrogens is 2. The SMILES string of the molecule is Cn1ncc(S(=O)(=O)Cl)c1[N+](=O)[O-]. The Bertz CT molecular complexity index is 450. The fourth-order valence-electron chi connectivity index (χ4n) is 0.791. The lowest BCUT2D eigenvalue weighted by atomic mass is 10.6. The van der Waals surface area contributed by atoms with E-state index in [-0.39, 0.29) is 0 Å². The molecular weight excluding hydrogens is 222 g/mol. The third-order valence-electron chi connectivity index (χ3n) is 1.31. The van der Waals surface area contributed by atoms with Gasteiger partial charge in [0.05, 0.1) is 6.20 Å². The minimum atomic E-state index is -4.11. The van der Waals surface area contributed by atoms with E-state index in [1.54, 1.807) is 0 Å². The number of hydrogen-bond acceptors (Lipinski definition) is 5. The Balaban J connectivity index is 3.49. The Hall–Kier alpha value is -1.15. The van der Waals surface area contributed by atoms with Crippen LogP contribution in [0.2, 0.25) is 0 Å². The van der Waals surface area contributed by atoms with Crippen LogP contribution >= 0.6 is 10.7 Å². The highest BCUT2D eigenvalue weighted by Crippen LogP contribution is 2.25. The number of hydrogen-bond donors (Lipinski definition) is 0. The highest BCUT2D eigenvalue weighted by Gasteiger charge is 2.28. The highest BCUT2D eigenvalue weighted by molar-refractivity contribution is 8.13. The standard InChI is InChI=1S/C4H4ClN3O4S/c1-7-4(8(9)10)3(2-6-7)13(5,11)12/h2H,1H3. The summed E-state index contributed by atoms with van der Waals surface area (Å²) in [4.78, 5) is 8.92. The van der Waals surface area contributed by atoms with Crippen LogP contribution in [0.4, 0.5) is 5.82 Å². The van der Waals surface area contributed by atoms with Gasteiger partial charge in [0.15, 0.2) is 4.90 Å². The maximum absolute atomic E-state index is 10.8. The van der Waals surface area contributed by atoms with Crippen molar-refractivity contribution in [3.63, 3.8) is 0 Å². The molecule has 0 aromatic carbocycles. The quantitative estimate of drug-likeness (QED) is 0.409. The van der Waals surface area contributed by atoms with E-state index >= 15 is 0 Å². The molecule has 1 heterocycles. The zero-order chi connectivity index (χ0) is 10.2. The molecule has 1 aromatic heterocycles. The summed E-state index contributed by atoms with van der Waals surface area (Å²) in [7, 11) is 2.08. The number of nitro groups is 1. The van der Waals surface area contributed by atoms with Crippen LogP contribution in [0.25, 0.3) is 0 Å². The third-order valence-corrected chi connectivity index (χ3v) is 2.62. The van der Waals surface area contributed by atoms with Crippen LogP contribution in [-0.2, 0) is 16.1 Å². The predicted octanol–water partition coefficient (Wildman–Crippen LogP) is 0.256. The number of aryl methyl sites for hydroxylation is 1. The Kier molecular flexibility index (Phi) is 2.26. The van der Waals surface area contributed by atoms with Crippen molar-refractivity contribution in [1.82, 2.24) is 9.78 Å². The van der Waals surface area contributed by atoms with E-state index in [1.807, 2.05) is 0 Å². The zero-order valence-electron chi connectivity index (χ0n) is 6.34. The molecule has 0 spiro atoms. The fraction of sp³-hybridized carbons (Fsp3) is 0.250. The van der Waals surface area contributed by atoms with Crippen molar-refractivity contribution in [1.29, 1.82) is 0 Å². The van der Waals surface area contributed by atoms with E-state index in [9.17, 15) is 18.5 Å². The second-order valence-corrected chi connectivity index (χ2v) is 4.69. The van der Waals surface area contributed by atoms with Gasteiger partial charge in [-0.2, -0.15) is 0 Å². The van der Waals surface area contributed by atoms with E-state index in [0.717, 1.165) is 10.9 Å². The van der Waals surface area contributed by atoms with Gasteiger partial charge in [0.25, 0.3) is 9.05 Å². The van der Waals surface area contributed by atoms with Crippen molar-refractivity contribution in [2.45, 2.75) is 4.90 Å². The maximum atomic E-state index is 10.8. The zero-order valence-corrected chi connectivity index (χ0v) is 7.91. The molecule has 0 bridgehead atoms. The Morgan fingerprint density at radius 2 is 2.23 bits per heavy atom. The van der Waals surface area contributed by atoms with Crippen molar-refractivity contribution in [2.24, 2.45) is 7.05 Å². The molecule has 7 nitrogen and oxygen atoms in total. The predicted molar refractivity (Wildman–Crippen MR) is 42.9 cm³/mol. The molecule has 0 fully saturated rings. The van der Waals surface area contributed by atoms with E-state index in [4.69, 9.17) is 10.7 Å². The molecule has 1 rings (SSSR count). The summed E-state index contributed by atoms with van der Waals surface area (Å²) < 4.78 is 22.4. The summed E-state index contributed by atoms with van der Waals surface area (Å²) in [5, 5.41) is 13.8. The van der Waals surface area contributed by atoms with Crippen LogP contribution in [0.1, 0.15) is 0 Å². The molecule has 0 aliphatic rings. The van der Waals surface area contributed by atoms with Gasteiger partial charge in [0.2, 0.25) is 0 Å². The van der Waals surface area contributed by atoms with Crippen molar-refractivity contribution < 1.29 is 13.3 Å². The maximum Gasteiger partial charge on any atom is 0.364 e. The first-order chi connectivity index (χ1) is 5.84. The molecular formula is C4H4ClN3O4S. The molecule has 13 heavy (non-hydrogen) atoms. The van der Waals surface area contributed by atoms with Gasteiger partial charge in [0, 0.05) is 10.7 Å². The lowest BCUT2D eigenvalue weighted by Crippen LogP contribution is -2.01. The van der Waals surface area contributed by atoms with Crippen LogP contribution in [-0.4, -0.2) is 23.1 Å². The Labute approximate surface area is 77.5 Å². The van der Waals surface area contributed by atoms with E-state index in [1.165, 1.54) is 7.05 Å². The molecule has 1 aromatic rings. The van der Waals surface area contributed by atoms with Crippen molar-refractivity contribution >= 4 is 25.6 Å². The van der Waals surface area contributed by atoms with Gasteiger partial charge in [-0.15, -0.1) is 4.68 Å². The molecule has 0 saturated carbocycles. The first kappa shape index (κ1) is 9.93. The van der Waals surface area contributed by atoms with Gasteiger partial charge >= 0.3 is 5.82 Å². The van der Waals surface area contributed by atoms with Gasteiger partial charge in [-0.05, 0) is 4.92 Å². The molecule has 0 atom stereocenters. The Morgan fingerprint density at radius 3 is 2.54 bits per heavy atom. The summed E-state index contributed by atoms with van der Waals surface area (Å²) >= 11 is 0. The molecule has 72 valence electrons. The first-order valence-electron chi connectivity index (χ1n) is 2.95. The summed E-state index contributed by atoms with van der Waals surface area (Å²) in [6.45, 7) is 0. The van der Waals surface area contributed by atoms with Gasteiger partial charge in [0.1, 0.15) is 7.05 Å². The van der Waals surface area contributed by atoms with Crippen molar-refractivity contribution in [3.05, 3.63) is 16.3 Å². The summed E-state index contributed by atoms with van der Waals surface area (Å²) in [6, 6.07) is 0. The van der Waals surface area contributed by atoms with Crippen LogP contribution in [0, 0.1) is 10.1 Å². The normalized spacial score (nSPS) is 11.5. The van der Waals surface area contributed by atoms with Gasteiger partial charge in [-0.3, -0.25) is 0 Å². The minimum Gasteiger partial charge on any atom is -0.358 e. The van der Waals surface area contributed by atoms with Crippen LogP contribution in [0.5, 0.6) is 0 Å². The fourth-order valence-corrected chi connectivity index (χ4v) is 1.72. The molecule has 0 N–H and O–H groups in total. The molecule has 0 unspecified atom stereocenters. The summed E-state index contributed by atoms with van der Waals surface area (Å²) in [5.41, 5.74) is 0. The van der Waals surface area contributed by atoms with E-state index in [2.05, 4.69) is 5.10 Å². The molecule has 0 aliphatic carbocycles. The third kappa shape index (κ3) is 1.78. The van der Waals surface area contributed by atoms with Gasteiger partial charge in [-0.1, -0.05) is 5.10 Å². The first-order valence-corrected chi connectivity index (χ1v) is 5.26. The average molecular weight is 226 g/mol. The molecule has 9 heteroatoms. The highest BCUT2D eigenvalue weighted by atomic mass is 35.7.